The quantitative estimate of drug-likeness (QED) is 0.650. The maximum atomic E-state index is 12.5. The molecule has 1 amide bonds. The van der Waals surface area contributed by atoms with Crippen molar-refractivity contribution < 1.29 is 22.7 Å². The molecule has 0 aliphatic carbocycles. The Bertz CT molecular complexity index is 278. The summed E-state index contributed by atoms with van der Waals surface area (Å²) in [5.41, 5.74) is 0. The number of hydrogen-bond donors (Lipinski definition) is 0. The Morgan fingerprint density at radius 3 is 2.69 bits per heavy atom. The van der Waals surface area contributed by atoms with Crippen LogP contribution >= 0.6 is 0 Å². The van der Waals surface area contributed by atoms with Gasteiger partial charge in [0.15, 0.2) is 6.10 Å². The van der Waals surface area contributed by atoms with E-state index in [-0.39, 0.29) is 25.4 Å². The highest BCUT2D eigenvalue weighted by atomic mass is 19.4. The lowest BCUT2D eigenvalue weighted by molar-refractivity contribution is -0.228. The summed E-state index contributed by atoms with van der Waals surface area (Å²) in [5.74, 6) is -0.363. The third kappa shape index (κ3) is 3.23. The Kier molecular flexibility index (Phi) is 3.96. The molecule has 1 rings (SSSR count). The van der Waals surface area contributed by atoms with E-state index in [0.29, 0.717) is 0 Å². The SMILES string of the molecule is C=CC(=O)N1CCC(C(F)(F)F)OC(C)C1. The standard InChI is InChI=1S/C10H14F3NO2/c1-3-9(15)14-5-4-8(10(11,12)13)16-7(2)6-14/h3,7-8H,1,4-6H2,2H3. The van der Waals surface area contributed by atoms with Crippen molar-refractivity contribution in [2.24, 2.45) is 0 Å². The number of amides is 1. The largest absolute Gasteiger partial charge is 0.414 e. The highest BCUT2D eigenvalue weighted by molar-refractivity contribution is 5.87. The second-order valence-corrected chi connectivity index (χ2v) is 3.75. The summed E-state index contributed by atoms with van der Waals surface area (Å²) in [4.78, 5) is 12.6. The zero-order valence-electron chi connectivity index (χ0n) is 8.96. The van der Waals surface area contributed by atoms with Crippen LogP contribution in [0.3, 0.4) is 0 Å². The van der Waals surface area contributed by atoms with E-state index in [4.69, 9.17) is 4.74 Å². The Balaban J connectivity index is 2.69. The van der Waals surface area contributed by atoms with E-state index in [2.05, 4.69) is 6.58 Å². The fraction of sp³-hybridized carbons (Fsp3) is 0.700. The molecule has 1 aliphatic heterocycles. The first-order chi connectivity index (χ1) is 7.34. The van der Waals surface area contributed by atoms with Crippen LogP contribution in [-0.2, 0) is 9.53 Å². The van der Waals surface area contributed by atoms with Gasteiger partial charge in [-0.15, -0.1) is 0 Å². The van der Waals surface area contributed by atoms with E-state index in [1.807, 2.05) is 0 Å². The first-order valence-electron chi connectivity index (χ1n) is 4.98. The number of carbonyl (C=O) groups is 1. The van der Waals surface area contributed by atoms with Crippen molar-refractivity contribution in [2.75, 3.05) is 13.1 Å². The van der Waals surface area contributed by atoms with Crippen molar-refractivity contribution in [3.8, 4) is 0 Å². The number of ether oxygens (including phenoxy) is 1. The van der Waals surface area contributed by atoms with Crippen LogP contribution in [0.5, 0.6) is 0 Å². The van der Waals surface area contributed by atoms with Crippen LogP contribution in [0, 0.1) is 0 Å². The van der Waals surface area contributed by atoms with Crippen LogP contribution in [0.4, 0.5) is 13.2 Å². The van der Waals surface area contributed by atoms with Crippen LogP contribution in [0.2, 0.25) is 0 Å². The van der Waals surface area contributed by atoms with Gasteiger partial charge in [0.2, 0.25) is 5.91 Å². The fourth-order valence-electron chi connectivity index (χ4n) is 1.64. The molecule has 2 unspecified atom stereocenters. The molecule has 0 spiro atoms. The number of rotatable bonds is 1. The van der Waals surface area contributed by atoms with Crippen LogP contribution in [0.1, 0.15) is 13.3 Å². The summed E-state index contributed by atoms with van der Waals surface area (Å²) in [5, 5.41) is 0. The average Bonchev–Trinajstić information content (AvgIpc) is 2.38. The molecule has 0 aromatic rings. The van der Waals surface area contributed by atoms with Gasteiger partial charge in [-0.05, 0) is 13.0 Å². The number of hydrogen-bond acceptors (Lipinski definition) is 2. The lowest BCUT2D eigenvalue weighted by atomic mass is 10.2. The van der Waals surface area contributed by atoms with Gasteiger partial charge in [-0.3, -0.25) is 4.79 Å². The van der Waals surface area contributed by atoms with Gasteiger partial charge in [0.05, 0.1) is 6.10 Å². The highest BCUT2D eigenvalue weighted by Gasteiger charge is 2.43. The molecule has 1 saturated heterocycles. The molecule has 0 aromatic carbocycles. The Morgan fingerprint density at radius 2 is 2.19 bits per heavy atom. The van der Waals surface area contributed by atoms with E-state index in [1.165, 1.54) is 11.8 Å². The number of halogens is 3. The maximum absolute atomic E-state index is 12.5. The van der Waals surface area contributed by atoms with Gasteiger partial charge >= 0.3 is 6.18 Å². The van der Waals surface area contributed by atoms with Gasteiger partial charge in [-0.1, -0.05) is 6.58 Å². The maximum Gasteiger partial charge on any atom is 0.414 e. The average molecular weight is 237 g/mol. The van der Waals surface area contributed by atoms with Gasteiger partial charge in [0.1, 0.15) is 0 Å². The van der Waals surface area contributed by atoms with Crippen molar-refractivity contribution in [1.82, 2.24) is 4.90 Å². The van der Waals surface area contributed by atoms with E-state index < -0.39 is 18.4 Å². The summed E-state index contributed by atoms with van der Waals surface area (Å²) >= 11 is 0. The molecular formula is C10H14F3NO2. The Morgan fingerprint density at radius 1 is 1.56 bits per heavy atom. The minimum Gasteiger partial charge on any atom is -0.364 e. The van der Waals surface area contributed by atoms with Crippen LogP contribution < -0.4 is 0 Å². The molecule has 6 heteroatoms. The summed E-state index contributed by atoms with van der Waals surface area (Å²) in [6.07, 6.45) is -5.92. The third-order valence-corrected chi connectivity index (χ3v) is 2.39. The third-order valence-electron chi connectivity index (χ3n) is 2.39. The van der Waals surface area contributed by atoms with Crippen molar-refractivity contribution in [3.05, 3.63) is 12.7 Å². The fourth-order valence-corrected chi connectivity index (χ4v) is 1.64. The molecule has 0 aromatic heterocycles. The Hall–Kier alpha value is -1.04. The van der Waals surface area contributed by atoms with Crippen LogP contribution in [0.25, 0.3) is 0 Å². The summed E-state index contributed by atoms with van der Waals surface area (Å²) < 4.78 is 42.2. The highest BCUT2D eigenvalue weighted by Crippen LogP contribution is 2.28. The van der Waals surface area contributed by atoms with E-state index in [9.17, 15) is 18.0 Å². The molecular weight excluding hydrogens is 223 g/mol. The van der Waals surface area contributed by atoms with Crippen LogP contribution in [-0.4, -0.2) is 42.3 Å². The van der Waals surface area contributed by atoms with Crippen molar-refractivity contribution in [2.45, 2.75) is 31.7 Å². The van der Waals surface area contributed by atoms with Gasteiger partial charge in [0.25, 0.3) is 0 Å². The molecule has 0 bridgehead atoms. The second-order valence-electron chi connectivity index (χ2n) is 3.75. The minimum atomic E-state index is -4.37. The normalized spacial score (nSPS) is 27.4. The molecule has 1 aliphatic rings. The lowest BCUT2D eigenvalue weighted by Gasteiger charge is -2.21. The van der Waals surface area contributed by atoms with Gasteiger partial charge in [0, 0.05) is 19.5 Å². The summed E-state index contributed by atoms with van der Waals surface area (Å²) in [6, 6.07) is 0. The minimum absolute atomic E-state index is 0.0410. The number of alkyl halides is 3. The zero-order chi connectivity index (χ0) is 12.3. The zero-order valence-corrected chi connectivity index (χ0v) is 8.96. The molecule has 0 saturated carbocycles. The van der Waals surface area contributed by atoms with Crippen molar-refractivity contribution in [1.29, 1.82) is 0 Å². The predicted molar refractivity (Wildman–Crippen MR) is 51.8 cm³/mol. The molecule has 0 radical (unpaired) electrons. The van der Waals surface area contributed by atoms with E-state index in [1.54, 1.807) is 0 Å². The number of carbonyl (C=O) groups excluding carboxylic acids is 1. The molecule has 92 valence electrons. The van der Waals surface area contributed by atoms with Crippen molar-refractivity contribution >= 4 is 5.91 Å². The number of nitrogens with zero attached hydrogens (tertiary/aromatic N) is 1. The monoisotopic (exact) mass is 237 g/mol. The molecule has 0 N–H and O–H groups in total. The second kappa shape index (κ2) is 4.86. The molecule has 1 heterocycles. The molecule has 1 fully saturated rings. The first kappa shape index (κ1) is 13.0. The van der Waals surface area contributed by atoms with Gasteiger partial charge in [-0.25, -0.2) is 0 Å². The van der Waals surface area contributed by atoms with Gasteiger partial charge in [-0.2, -0.15) is 13.2 Å². The van der Waals surface area contributed by atoms with Crippen molar-refractivity contribution in [3.63, 3.8) is 0 Å². The topological polar surface area (TPSA) is 29.5 Å². The molecule has 2 atom stereocenters. The Labute approximate surface area is 91.9 Å². The first-order valence-corrected chi connectivity index (χ1v) is 4.98. The van der Waals surface area contributed by atoms with Gasteiger partial charge < -0.3 is 9.64 Å². The summed E-state index contributed by atoms with van der Waals surface area (Å²) in [7, 11) is 0. The smallest absolute Gasteiger partial charge is 0.364 e. The predicted octanol–water partition coefficient (Wildman–Crippen LogP) is 1.74. The lowest BCUT2D eigenvalue weighted by Crippen LogP contribution is -2.34. The van der Waals surface area contributed by atoms with E-state index >= 15 is 0 Å². The molecule has 3 nitrogen and oxygen atoms in total. The van der Waals surface area contributed by atoms with E-state index in [0.717, 1.165) is 6.08 Å². The molecule has 16 heavy (non-hydrogen) atoms. The summed E-state index contributed by atoms with van der Waals surface area (Å²) in [6.45, 7) is 5.03. The van der Waals surface area contributed by atoms with Crippen LogP contribution in [0.15, 0.2) is 12.7 Å².